The van der Waals surface area contributed by atoms with Crippen LogP contribution in [0.25, 0.3) is 0 Å². The molecule has 0 saturated carbocycles. The molecule has 28 heavy (non-hydrogen) atoms. The van der Waals surface area contributed by atoms with Crippen LogP contribution in [0.4, 0.5) is 4.79 Å². The maximum atomic E-state index is 11.9. The summed E-state index contributed by atoms with van der Waals surface area (Å²) < 4.78 is 10.1. The minimum atomic E-state index is -0.816. The predicted octanol–water partition coefficient (Wildman–Crippen LogP) is 2.12. The zero-order valence-electron chi connectivity index (χ0n) is 15.9. The highest BCUT2D eigenvalue weighted by Gasteiger charge is 2.22. The largest absolute Gasteiger partial charge is 0.497 e. The van der Waals surface area contributed by atoms with Crippen molar-refractivity contribution in [3.05, 3.63) is 65.7 Å². The minimum Gasteiger partial charge on any atom is -0.497 e. The van der Waals surface area contributed by atoms with Gasteiger partial charge in [-0.3, -0.25) is 0 Å². The van der Waals surface area contributed by atoms with E-state index >= 15 is 0 Å². The van der Waals surface area contributed by atoms with Crippen molar-refractivity contribution in [3.63, 3.8) is 0 Å². The van der Waals surface area contributed by atoms with Crippen LogP contribution >= 0.6 is 0 Å². The molecule has 3 N–H and O–H groups in total. The van der Waals surface area contributed by atoms with Gasteiger partial charge in [0.05, 0.1) is 19.3 Å². The van der Waals surface area contributed by atoms with E-state index in [-0.39, 0.29) is 6.61 Å². The lowest BCUT2D eigenvalue weighted by Crippen LogP contribution is -2.48. The number of aliphatic hydroxyl groups is 1. The lowest BCUT2D eigenvalue weighted by atomic mass is 10.0. The fourth-order valence-electron chi connectivity index (χ4n) is 2.74. The fourth-order valence-corrected chi connectivity index (χ4v) is 2.74. The molecule has 0 fully saturated rings. The molecule has 0 bridgehead atoms. The molecule has 0 unspecified atom stereocenters. The van der Waals surface area contributed by atoms with Crippen LogP contribution < -0.4 is 15.4 Å². The number of carbonyl (C=O) groups excluding carboxylic acids is 1. The Morgan fingerprint density at radius 1 is 1.18 bits per heavy atom. The first kappa shape index (κ1) is 21.3. The number of rotatable bonds is 10. The van der Waals surface area contributed by atoms with Crippen LogP contribution in [0.1, 0.15) is 11.1 Å². The van der Waals surface area contributed by atoms with Crippen LogP contribution in [-0.4, -0.2) is 43.6 Å². The first-order chi connectivity index (χ1) is 13.6. The summed E-state index contributed by atoms with van der Waals surface area (Å²) in [6.45, 7) is 0.742. The standard InChI is InChI=1S/C22H26N2O4/c1-3-12-28-22(26)24-20(14-17-8-5-4-6-9-17)21(25)16-23-15-18-10-7-11-19(13-18)27-2/h1,4-11,13,20-21,23,25H,12,14-16H2,2H3,(H,24,26)/t20-,21+/m0/s1. The molecule has 0 heterocycles. The number of hydrogen-bond donors (Lipinski definition) is 3. The molecule has 1 amide bonds. The average molecular weight is 382 g/mol. The normalized spacial score (nSPS) is 12.5. The Bertz CT molecular complexity index is 774. The van der Waals surface area contributed by atoms with Crippen LogP contribution in [0.15, 0.2) is 54.6 Å². The number of nitrogens with one attached hydrogen (secondary N) is 2. The summed E-state index contributed by atoms with van der Waals surface area (Å²) in [6, 6.07) is 16.8. The number of amides is 1. The summed E-state index contributed by atoms with van der Waals surface area (Å²) in [7, 11) is 1.62. The highest BCUT2D eigenvalue weighted by Crippen LogP contribution is 2.12. The maximum absolute atomic E-state index is 11.9. The van der Waals surface area contributed by atoms with Crippen molar-refractivity contribution in [3.8, 4) is 18.1 Å². The second-order valence-electron chi connectivity index (χ2n) is 6.27. The van der Waals surface area contributed by atoms with Gasteiger partial charge in [0, 0.05) is 13.1 Å². The highest BCUT2D eigenvalue weighted by atomic mass is 16.5. The van der Waals surface area contributed by atoms with Crippen molar-refractivity contribution >= 4 is 6.09 Å². The third-order valence-electron chi connectivity index (χ3n) is 4.17. The van der Waals surface area contributed by atoms with Crippen LogP contribution in [0.3, 0.4) is 0 Å². The second kappa shape index (κ2) is 11.7. The predicted molar refractivity (Wildman–Crippen MR) is 108 cm³/mol. The van der Waals surface area contributed by atoms with Crippen molar-refractivity contribution in [1.82, 2.24) is 10.6 Å². The number of terminal acetylenes is 1. The number of ether oxygens (including phenoxy) is 2. The van der Waals surface area contributed by atoms with E-state index in [4.69, 9.17) is 15.9 Å². The summed E-state index contributed by atoms with van der Waals surface area (Å²) in [5.41, 5.74) is 2.03. The van der Waals surface area contributed by atoms with Gasteiger partial charge in [-0.05, 0) is 29.7 Å². The van der Waals surface area contributed by atoms with Gasteiger partial charge in [0.15, 0.2) is 6.61 Å². The summed E-state index contributed by atoms with van der Waals surface area (Å²) in [4.78, 5) is 11.9. The Kier molecular flexibility index (Phi) is 8.86. The summed E-state index contributed by atoms with van der Waals surface area (Å²) >= 11 is 0. The van der Waals surface area contributed by atoms with Crippen molar-refractivity contribution in [2.24, 2.45) is 0 Å². The Morgan fingerprint density at radius 3 is 2.64 bits per heavy atom. The number of aliphatic hydroxyl groups excluding tert-OH is 1. The van der Waals surface area contributed by atoms with Crippen LogP contribution in [0.2, 0.25) is 0 Å². The number of alkyl carbamates (subject to hydrolysis) is 1. The fraction of sp³-hybridized carbons (Fsp3) is 0.318. The van der Waals surface area contributed by atoms with E-state index in [0.29, 0.717) is 19.5 Å². The molecule has 0 radical (unpaired) electrons. The van der Waals surface area contributed by atoms with E-state index in [2.05, 4.69) is 16.6 Å². The van der Waals surface area contributed by atoms with Crippen molar-refractivity contribution in [2.75, 3.05) is 20.3 Å². The molecule has 6 nitrogen and oxygen atoms in total. The molecular weight excluding hydrogens is 356 g/mol. The Labute approximate surface area is 165 Å². The Morgan fingerprint density at radius 2 is 1.93 bits per heavy atom. The molecule has 0 spiro atoms. The molecule has 6 heteroatoms. The second-order valence-corrected chi connectivity index (χ2v) is 6.27. The quantitative estimate of drug-likeness (QED) is 0.549. The zero-order valence-corrected chi connectivity index (χ0v) is 15.9. The van der Waals surface area contributed by atoms with Gasteiger partial charge < -0.3 is 25.2 Å². The van der Waals surface area contributed by atoms with E-state index in [1.807, 2.05) is 54.6 Å². The Hall–Kier alpha value is -3.01. The van der Waals surface area contributed by atoms with E-state index < -0.39 is 18.2 Å². The topological polar surface area (TPSA) is 79.8 Å². The SMILES string of the molecule is C#CCOC(=O)N[C@@H](Cc1ccccc1)[C@H](O)CNCc1cccc(OC)c1. The van der Waals surface area contributed by atoms with Gasteiger partial charge in [0.25, 0.3) is 0 Å². The van der Waals surface area contributed by atoms with E-state index in [0.717, 1.165) is 16.9 Å². The van der Waals surface area contributed by atoms with Gasteiger partial charge in [-0.1, -0.05) is 48.4 Å². The first-order valence-electron chi connectivity index (χ1n) is 9.04. The first-order valence-corrected chi connectivity index (χ1v) is 9.04. The summed E-state index contributed by atoms with van der Waals surface area (Å²) in [5, 5.41) is 16.5. The number of hydrogen-bond acceptors (Lipinski definition) is 5. The van der Waals surface area contributed by atoms with Crippen molar-refractivity contribution in [1.29, 1.82) is 0 Å². The molecule has 0 aliphatic rings. The van der Waals surface area contributed by atoms with Crippen LogP contribution in [-0.2, 0) is 17.7 Å². The molecule has 0 saturated heterocycles. The highest BCUT2D eigenvalue weighted by molar-refractivity contribution is 5.68. The third kappa shape index (κ3) is 7.31. The van der Waals surface area contributed by atoms with Crippen LogP contribution in [0, 0.1) is 12.3 Å². The molecule has 2 rings (SSSR count). The number of methoxy groups -OCH3 is 1. The van der Waals surface area contributed by atoms with Gasteiger partial charge in [-0.25, -0.2) is 4.79 Å². The molecule has 2 aromatic rings. The minimum absolute atomic E-state index is 0.117. The summed E-state index contributed by atoms with van der Waals surface area (Å²) in [6.07, 6.45) is 4.11. The molecule has 2 atom stereocenters. The lowest BCUT2D eigenvalue weighted by molar-refractivity contribution is 0.108. The number of benzene rings is 2. The van der Waals surface area contributed by atoms with Gasteiger partial charge in [0.1, 0.15) is 5.75 Å². The van der Waals surface area contributed by atoms with Gasteiger partial charge >= 0.3 is 6.09 Å². The van der Waals surface area contributed by atoms with Crippen LogP contribution in [0.5, 0.6) is 5.75 Å². The maximum Gasteiger partial charge on any atom is 0.408 e. The van der Waals surface area contributed by atoms with Gasteiger partial charge in [-0.2, -0.15) is 0 Å². The summed E-state index contributed by atoms with van der Waals surface area (Å²) in [5.74, 6) is 3.02. The lowest BCUT2D eigenvalue weighted by Gasteiger charge is -2.24. The van der Waals surface area contributed by atoms with Crippen molar-refractivity contribution in [2.45, 2.75) is 25.1 Å². The smallest absolute Gasteiger partial charge is 0.408 e. The average Bonchev–Trinajstić information content (AvgIpc) is 2.72. The Balaban J connectivity index is 1.93. The molecule has 148 valence electrons. The van der Waals surface area contributed by atoms with E-state index in [1.54, 1.807) is 7.11 Å². The molecule has 2 aromatic carbocycles. The van der Waals surface area contributed by atoms with E-state index in [1.165, 1.54) is 0 Å². The van der Waals surface area contributed by atoms with Gasteiger partial charge in [-0.15, -0.1) is 6.42 Å². The van der Waals surface area contributed by atoms with Gasteiger partial charge in [0.2, 0.25) is 0 Å². The molecule has 0 aliphatic heterocycles. The molecular formula is C22H26N2O4. The molecule has 0 aromatic heterocycles. The van der Waals surface area contributed by atoms with Crippen molar-refractivity contribution < 1.29 is 19.4 Å². The monoisotopic (exact) mass is 382 g/mol. The number of carbonyl (C=O) groups is 1. The third-order valence-corrected chi connectivity index (χ3v) is 4.17. The molecule has 0 aliphatic carbocycles. The zero-order chi connectivity index (χ0) is 20.2. The van der Waals surface area contributed by atoms with E-state index in [9.17, 15) is 9.90 Å².